The van der Waals surface area contributed by atoms with Crippen LogP contribution >= 0.6 is 11.8 Å². The number of hydrogen-bond donors (Lipinski definition) is 0. The van der Waals surface area contributed by atoms with Gasteiger partial charge in [-0.15, -0.1) is 22.0 Å². The number of aromatic nitrogens is 2. The van der Waals surface area contributed by atoms with Gasteiger partial charge in [0.05, 0.1) is 5.25 Å². The first-order chi connectivity index (χ1) is 6.88. The molecular formula is C11H20N2OS. The van der Waals surface area contributed by atoms with Gasteiger partial charge in [-0.25, -0.2) is 0 Å². The summed E-state index contributed by atoms with van der Waals surface area (Å²) in [6, 6.07) is 0. The fourth-order valence-electron chi connectivity index (χ4n) is 1.09. The van der Waals surface area contributed by atoms with Crippen LogP contribution in [0.5, 0.6) is 0 Å². The summed E-state index contributed by atoms with van der Waals surface area (Å²) in [6.45, 7) is 10.7. The first-order valence-corrected chi connectivity index (χ1v) is 6.35. The van der Waals surface area contributed by atoms with Crippen LogP contribution < -0.4 is 0 Å². The fraction of sp³-hybridized carbons (Fsp3) is 0.818. The Labute approximate surface area is 96.0 Å². The van der Waals surface area contributed by atoms with E-state index in [4.69, 9.17) is 4.42 Å². The van der Waals surface area contributed by atoms with E-state index >= 15 is 0 Å². The minimum absolute atomic E-state index is 0.300. The van der Waals surface area contributed by atoms with Crippen molar-refractivity contribution in [2.24, 2.45) is 5.41 Å². The maximum Gasteiger partial charge on any atom is 0.229 e. The topological polar surface area (TPSA) is 38.9 Å². The van der Waals surface area contributed by atoms with E-state index in [-0.39, 0.29) is 0 Å². The summed E-state index contributed by atoms with van der Waals surface area (Å²) in [6.07, 6.45) is 1.20. The molecule has 4 heteroatoms. The molecule has 0 aliphatic heterocycles. The summed E-state index contributed by atoms with van der Waals surface area (Å²) in [5.74, 6) is 2.52. The van der Waals surface area contributed by atoms with Gasteiger partial charge in [-0.1, -0.05) is 20.8 Å². The molecule has 0 spiro atoms. The first-order valence-electron chi connectivity index (χ1n) is 5.30. The highest BCUT2D eigenvalue weighted by atomic mass is 32.2. The fourth-order valence-corrected chi connectivity index (χ4v) is 2.41. The maximum atomic E-state index is 5.38. The molecule has 0 N–H and O–H groups in total. The molecule has 0 saturated carbocycles. The average Bonchev–Trinajstić information content (AvgIpc) is 2.49. The molecule has 1 heterocycles. The normalized spacial score (nSPS) is 14.2. The summed E-state index contributed by atoms with van der Waals surface area (Å²) < 4.78 is 5.38. The van der Waals surface area contributed by atoms with Crippen molar-refractivity contribution in [1.29, 1.82) is 0 Å². The van der Waals surface area contributed by atoms with Gasteiger partial charge in [-0.05, 0) is 24.5 Å². The standard InChI is InChI=1S/C11H20N2OS/c1-8(10-13-12-9(2)14-10)15-7-6-11(3,4)5/h8H,6-7H2,1-5H3/t8-/m0/s1. The van der Waals surface area contributed by atoms with Crippen molar-refractivity contribution < 1.29 is 4.42 Å². The third-order valence-corrected chi connectivity index (χ3v) is 3.25. The van der Waals surface area contributed by atoms with E-state index in [0.717, 1.165) is 11.6 Å². The van der Waals surface area contributed by atoms with E-state index in [9.17, 15) is 0 Å². The van der Waals surface area contributed by atoms with Crippen LogP contribution in [0.25, 0.3) is 0 Å². The van der Waals surface area contributed by atoms with Gasteiger partial charge < -0.3 is 4.42 Å². The van der Waals surface area contributed by atoms with Crippen molar-refractivity contribution in [3.8, 4) is 0 Å². The number of thioether (sulfide) groups is 1. The lowest BCUT2D eigenvalue weighted by atomic mass is 9.94. The van der Waals surface area contributed by atoms with E-state index in [1.54, 1.807) is 0 Å². The van der Waals surface area contributed by atoms with Gasteiger partial charge in [-0.2, -0.15) is 0 Å². The summed E-state index contributed by atoms with van der Waals surface area (Å²) in [5, 5.41) is 8.16. The molecular weight excluding hydrogens is 208 g/mol. The van der Waals surface area contributed by atoms with Gasteiger partial charge in [-0.3, -0.25) is 0 Å². The first kappa shape index (κ1) is 12.6. The smallest absolute Gasteiger partial charge is 0.229 e. The molecule has 0 bridgehead atoms. The van der Waals surface area contributed by atoms with Gasteiger partial charge >= 0.3 is 0 Å². The van der Waals surface area contributed by atoms with Gasteiger partial charge in [0.2, 0.25) is 11.8 Å². The molecule has 0 unspecified atom stereocenters. The van der Waals surface area contributed by atoms with E-state index in [0.29, 0.717) is 16.6 Å². The Morgan fingerprint density at radius 3 is 2.47 bits per heavy atom. The number of rotatable bonds is 4. The van der Waals surface area contributed by atoms with Crippen molar-refractivity contribution >= 4 is 11.8 Å². The molecule has 0 aliphatic carbocycles. The molecule has 1 aromatic rings. The predicted molar refractivity (Wildman–Crippen MR) is 64.0 cm³/mol. The quantitative estimate of drug-likeness (QED) is 0.789. The van der Waals surface area contributed by atoms with E-state index in [1.165, 1.54) is 6.42 Å². The molecule has 1 rings (SSSR count). The zero-order chi connectivity index (χ0) is 11.5. The molecule has 0 fully saturated rings. The van der Waals surface area contributed by atoms with Crippen molar-refractivity contribution in [1.82, 2.24) is 10.2 Å². The third-order valence-electron chi connectivity index (χ3n) is 2.11. The zero-order valence-corrected chi connectivity index (χ0v) is 11.0. The number of aryl methyl sites for hydroxylation is 1. The van der Waals surface area contributed by atoms with Gasteiger partial charge in [0.1, 0.15) is 0 Å². The van der Waals surface area contributed by atoms with E-state index in [2.05, 4.69) is 37.9 Å². The Morgan fingerprint density at radius 1 is 1.33 bits per heavy atom. The highest BCUT2D eigenvalue weighted by Gasteiger charge is 2.15. The second-order valence-electron chi connectivity index (χ2n) is 4.98. The highest BCUT2D eigenvalue weighted by Crippen LogP contribution is 2.30. The Morgan fingerprint density at radius 2 is 2.00 bits per heavy atom. The van der Waals surface area contributed by atoms with Crippen LogP contribution in [0, 0.1) is 12.3 Å². The molecule has 3 nitrogen and oxygen atoms in total. The lowest BCUT2D eigenvalue weighted by Gasteiger charge is -2.18. The number of nitrogens with zero attached hydrogens (tertiary/aromatic N) is 2. The van der Waals surface area contributed by atoms with Crippen molar-refractivity contribution in [3.63, 3.8) is 0 Å². The molecule has 0 radical (unpaired) electrons. The Hall–Kier alpha value is -0.510. The minimum atomic E-state index is 0.300. The molecule has 86 valence electrons. The molecule has 15 heavy (non-hydrogen) atoms. The summed E-state index contributed by atoms with van der Waals surface area (Å²) >= 11 is 1.87. The summed E-state index contributed by atoms with van der Waals surface area (Å²) in [5.41, 5.74) is 0.400. The van der Waals surface area contributed by atoms with E-state index in [1.807, 2.05) is 18.7 Å². The van der Waals surface area contributed by atoms with Gasteiger partial charge in [0.15, 0.2) is 0 Å². The Kier molecular flexibility index (Phi) is 4.20. The van der Waals surface area contributed by atoms with Crippen LogP contribution in [0.3, 0.4) is 0 Å². The highest BCUT2D eigenvalue weighted by molar-refractivity contribution is 7.99. The molecule has 1 aromatic heterocycles. The largest absolute Gasteiger partial charge is 0.424 e. The van der Waals surface area contributed by atoms with E-state index < -0.39 is 0 Å². The summed E-state index contributed by atoms with van der Waals surface area (Å²) in [7, 11) is 0. The Bertz CT molecular complexity index is 304. The minimum Gasteiger partial charge on any atom is -0.424 e. The second kappa shape index (κ2) is 5.01. The molecule has 0 amide bonds. The van der Waals surface area contributed by atoms with Crippen molar-refractivity contribution in [2.45, 2.75) is 46.3 Å². The molecule has 0 saturated heterocycles. The van der Waals surface area contributed by atoms with Crippen LogP contribution in [0.15, 0.2) is 4.42 Å². The monoisotopic (exact) mass is 228 g/mol. The predicted octanol–water partition coefficient (Wildman–Crippen LogP) is 3.61. The van der Waals surface area contributed by atoms with Crippen LogP contribution in [-0.2, 0) is 0 Å². The summed E-state index contributed by atoms with van der Waals surface area (Å²) in [4.78, 5) is 0. The van der Waals surface area contributed by atoms with Crippen LogP contribution in [0.4, 0.5) is 0 Å². The second-order valence-corrected chi connectivity index (χ2v) is 6.43. The van der Waals surface area contributed by atoms with Crippen LogP contribution in [0.1, 0.15) is 51.1 Å². The lowest BCUT2D eigenvalue weighted by molar-refractivity contribution is 0.401. The SMILES string of the molecule is Cc1nnc([C@H](C)SCCC(C)(C)C)o1. The lowest BCUT2D eigenvalue weighted by Crippen LogP contribution is -2.06. The zero-order valence-electron chi connectivity index (χ0n) is 10.2. The van der Waals surface area contributed by atoms with Crippen molar-refractivity contribution in [2.75, 3.05) is 5.75 Å². The Balaban J connectivity index is 2.34. The molecule has 0 aliphatic rings. The average molecular weight is 228 g/mol. The van der Waals surface area contributed by atoms with Gasteiger partial charge in [0, 0.05) is 6.92 Å². The number of hydrogen-bond acceptors (Lipinski definition) is 4. The molecule has 0 aromatic carbocycles. The third kappa shape index (κ3) is 4.69. The van der Waals surface area contributed by atoms with Crippen LogP contribution in [0.2, 0.25) is 0 Å². The van der Waals surface area contributed by atoms with Gasteiger partial charge in [0.25, 0.3) is 0 Å². The van der Waals surface area contributed by atoms with Crippen molar-refractivity contribution in [3.05, 3.63) is 11.8 Å². The van der Waals surface area contributed by atoms with Crippen LogP contribution in [-0.4, -0.2) is 16.0 Å². The molecule has 1 atom stereocenters. The maximum absolute atomic E-state index is 5.38.